The number of nitrogens with two attached hydrogens (primary N) is 1. The predicted octanol–water partition coefficient (Wildman–Crippen LogP) is 2.64. The molecule has 0 bridgehead atoms. The molecule has 0 saturated carbocycles. The normalized spacial score (nSPS) is 13.9. The van der Waals surface area contributed by atoms with Crippen LogP contribution in [0.15, 0.2) is 24.5 Å². The zero-order valence-corrected chi connectivity index (χ0v) is 10.0. The Bertz CT molecular complexity index is 280. The Hall–Kier alpha value is -0.890. The lowest BCUT2D eigenvalue weighted by atomic mass is 9.74. The van der Waals surface area contributed by atoms with Crippen LogP contribution in [0.5, 0.6) is 0 Å². The first-order chi connectivity index (χ1) is 7.10. The molecule has 0 saturated heterocycles. The van der Waals surface area contributed by atoms with Crippen LogP contribution in [0.3, 0.4) is 0 Å². The molecule has 0 unspecified atom stereocenters. The third-order valence-corrected chi connectivity index (χ3v) is 3.51. The summed E-state index contributed by atoms with van der Waals surface area (Å²) in [6.07, 6.45) is 5.95. The summed E-state index contributed by atoms with van der Waals surface area (Å²) in [5, 5.41) is 0. The van der Waals surface area contributed by atoms with Gasteiger partial charge in [0, 0.05) is 12.4 Å². The van der Waals surface area contributed by atoms with Crippen molar-refractivity contribution in [1.29, 1.82) is 0 Å². The van der Waals surface area contributed by atoms with E-state index < -0.39 is 0 Å². The summed E-state index contributed by atoms with van der Waals surface area (Å²) in [5.74, 6) is 0.534. The van der Waals surface area contributed by atoms with E-state index in [-0.39, 0.29) is 0 Å². The maximum Gasteiger partial charge on any atom is 0.0299 e. The summed E-state index contributed by atoms with van der Waals surface area (Å²) >= 11 is 0. The maximum absolute atomic E-state index is 5.86. The van der Waals surface area contributed by atoms with Gasteiger partial charge in [-0.1, -0.05) is 33.3 Å². The molecule has 15 heavy (non-hydrogen) atoms. The van der Waals surface area contributed by atoms with Crippen LogP contribution in [-0.4, -0.2) is 11.5 Å². The molecule has 1 rings (SSSR count). The minimum Gasteiger partial charge on any atom is -0.330 e. The second kappa shape index (κ2) is 5.26. The molecule has 0 aliphatic rings. The predicted molar refractivity (Wildman–Crippen MR) is 64.6 cm³/mol. The zero-order valence-electron chi connectivity index (χ0n) is 10.0. The van der Waals surface area contributed by atoms with E-state index in [0.29, 0.717) is 11.3 Å². The van der Waals surface area contributed by atoms with Crippen molar-refractivity contribution in [2.45, 2.75) is 33.6 Å². The summed E-state index contributed by atoms with van der Waals surface area (Å²) < 4.78 is 0. The Morgan fingerprint density at radius 1 is 1.47 bits per heavy atom. The van der Waals surface area contributed by atoms with E-state index in [0.717, 1.165) is 19.4 Å². The number of hydrogen-bond donors (Lipinski definition) is 1. The highest BCUT2D eigenvalue weighted by Crippen LogP contribution is 2.32. The lowest BCUT2D eigenvalue weighted by molar-refractivity contribution is 0.208. The average molecular weight is 206 g/mol. The summed E-state index contributed by atoms with van der Waals surface area (Å²) in [6.45, 7) is 7.56. The highest BCUT2D eigenvalue weighted by atomic mass is 14.6. The number of rotatable bonds is 5. The van der Waals surface area contributed by atoms with E-state index in [9.17, 15) is 0 Å². The van der Waals surface area contributed by atoms with Gasteiger partial charge >= 0.3 is 0 Å². The SMILES string of the molecule is CCC(C)(C)[C@H](CN)Cc1cccnc1. The Kier molecular flexibility index (Phi) is 4.28. The minimum atomic E-state index is 0.310. The van der Waals surface area contributed by atoms with Crippen LogP contribution in [0.2, 0.25) is 0 Å². The fourth-order valence-corrected chi connectivity index (χ4v) is 1.77. The van der Waals surface area contributed by atoms with Crippen molar-refractivity contribution in [3.63, 3.8) is 0 Å². The van der Waals surface area contributed by atoms with Crippen LogP contribution in [-0.2, 0) is 6.42 Å². The topological polar surface area (TPSA) is 38.9 Å². The molecular weight excluding hydrogens is 184 g/mol. The molecule has 0 amide bonds. The molecule has 2 N–H and O–H groups in total. The first-order valence-electron chi connectivity index (χ1n) is 5.69. The van der Waals surface area contributed by atoms with E-state index in [2.05, 4.69) is 31.8 Å². The lowest BCUT2D eigenvalue weighted by Crippen LogP contribution is -2.31. The summed E-state index contributed by atoms with van der Waals surface area (Å²) in [4.78, 5) is 4.14. The van der Waals surface area contributed by atoms with Crippen molar-refractivity contribution in [2.75, 3.05) is 6.54 Å². The summed E-state index contributed by atoms with van der Waals surface area (Å²) in [5.41, 5.74) is 7.46. The molecule has 0 fully saturated rings. The van der Waals surface area contributed by atoms with Crippen molar-refractivity contribution in [1.82, 2.24) is 4.98 Å². The molecule has 84 valence electrons. The Balaban J connectivity index is 2.70. The average Bonchev–Trinajstić information content (AvgIpc) is 2.27. The van der Waals surface area contributed by atoms with E-state index in [1.54, 1.807) is 0 Å². The van der Waals surface area contributed by atoms with E-state index in [1.807, 2.05) is 18.5 Å². The molecule has 0 radical (unpaired) electrons. The first-order valence-corrected chi connectivity index (χ1v) is 5.69. The van der Waals surface area contributed by atoms with Gasteiger partial charge < -0.3 is 5.73 Å². The smallest absolute Gasteiger partial charge is 0.0299 e. The van der Waals surface area contributed by atoms with Crippen LogP contribution < -0.4 is 5.73 Å². The van der Waals surface area contributed by atoms with E-state index >= 15 is 0 Å². The molecule has 2 heteroatoms. The van der Waals surface area contributed by atoms with Crippen molar-refractivity contribution in [3.8, 4) is 0 Å². The van der Waals surface area contributed by atoms with Gasteiger partial charge in [0.2, 0.25) is 0 Å². The molecule has 2 nitrogen and oxygen atoms in total. The Labute approximate surface area is 92.9 Å². The number of pyridine rings is 1. The molecular formula is C13H22N2. The monoisotopic (exact) mass is 206 g/mol. The third-order valence-electron chi connectivity index (χ3n) is 3.51. The van der Waals surface area contributed by atoms with Crippen LogP contribution in [0, 0.1) is 11.3 Å². The van der Waals surface area contributed by atoms with Crippen molar-refractivity contribution >= 4 is 0 Å². The van der Waals surface area contributed by atoms with Gasteiger partial charge in [-0.2, -0.15) is 0 Å². The quantitative estimate of drug-likeness (QED) is 0.804. The standard InChI is InChI=1S/C13H22N2/c1-4-13(2,3)12(9-14)8-11-6-5-7-15-10-11/h5-7,10,12H,4,8-9,14H2,1-3H3/t12-/m0/s1. The third kappa shape index (κ3) is 3.31. The lowest BCUT2D eigenvalue weighted by Gasteiger charge is -2.32. The van der Waals surface area contributed by atoms with Gasteiger partial charge in [-0.25, -0.2) is 0 Å². The highest BCUT2D eigenvalue weighted by molar-refractivity contribution is 5.10. The molecule has 0 aliphatic heterocycles. The largest absolute Gasteiger partial charge is 0.330 e. The van der Waals surface area contributed by atoms with Crippen LogP contribution in [0.4, 0.5) is 0 Å². The van der Waals surface area contributed by atoms with Gasteiger partial charge in [0.1, 0.15) is 0 Å². The molecule has 0 aliphatic carbocycles. The second-order valence-corrected chi connectivity index (χ2v) is 4.84. The highest BCUT2D eigenvalue weighted by Gasteiger charge is 2.26. The van der Waals surface area contributed by atoms with Crippen LogP contribution >= 0.6 is 0 Å². The number of hydrogen-bond acceptors (Lipinski definition) is 2. The fraction of sp³-hybridized carbons (Fsp3) is 0.615. The molecule has 1 atom stereocenters. The van der Waals surface area contributed by atoms with Gasteiger partial charge in [0.15, 0.2) is 0 Å². The summed E-state index contributed by atoms with van der Waals surface area (Å²) in [6, 6.07) is 4.11. The van der Waals surface area contributed by atoms with Gasteiger partial charge in [0.25, 0.3) is 0 Å². The molecule has 1 aromatic heterocycles. The van der Waals surface area contributed by atoms with Crippen LogP contribution in [0.25, 0.3) is 0 Å². The zero-order chi connectivity index (χ0) is 11.3. The van der Waals surface area contributed by atoms with Gasteiger partial charge in [-0.3, -0.25) is 4.98 Å². The van der Waals surface area contributed by atoms with E-state index in [1.165, 1.54) is 5.56 Å². The van der Waals surface area contributed by atoms with E-state index in [4.69, 9.17) is 5.73 Å². The molecule has 1 heterocycles. The maximum atomic E-state index is 5.86. The molecule has 1 aromatic rings. The van der Waals surface area contributed by atoms with Crippen molar-refractivity contribution in [3.05, 3.63) is 30.1 Å². The molecule has 0 aromatic carbocycles. The van der Waals surface area contributed by atoms with Crippen molar-refractivity contribution in [2.24, 2.45) is 17.1 Å². The molecule has 0 spiro atoms. The second-order valence-electron chi connectivity index (χ2n) is 4.84. The number of aromatic nitrogens is 1. The van der Waals surface area contributed by atoms with Gasteiger partial charge in [0.05, 0.1) is 0 Å². The Morgan fingerprint density at radius 2 is 2.20 bits per heavy atom. The fourth-order valence-electron chi connectivity index (χ4n) is 1.77. The van der Waals surface area contributed by atoms with Crippen LogP contribution in [0.1, 0.15) is 32.8 Å². The van der Waals surface area contributed by atoms with Gasteiger partial charge in [-0.15, -0.1) is 0 Å². The van der Waals surface area contributed by atoms with Gasteiger partial charge in [-0.05, 0) is 35.9 Å². The Morgan fingerprint density at radius 3 is 2.67 bits per heavy atom. The van der Waals surface area contributed by atoms with Crippen molar-refractivity contribution < 1.29 is 0 Å². The summed E-state index contributed by atoms with van der Waals surface area (Å²) in [7, 11) is 0. The first kappa shape index (κ1) is 12.2. The minimum absolute atomic E-state index is 0.310. The number of nitrogens with zero attached hydrogens (tertiary/aromatic N) is 1.